The third-order valence-corrected chi connectivity index (χ3v) is 2.44. The van der Waals surface area contributed by atoms with Crippen molar-refractivity contribution in [3.63, 3.8) is 0 Å². The molecule has 0 heterocycles. The van der Waals surface area contributed by atoms with Gasteiger partial charge < -0.3 is 4.74 Å². The Morgan fingerprint density at radius 3 is 2.81 bits per heavy atom. The number of unbranched alkanes of at least 4 members (excludes halogenated alkanes) is 1. The van der Waals surface area contributed by atoms with Gasteiger partial charge in [-0.15, -0.1) is 11.6 Å². The highest BCUT2D eigenvalue weighted by Crippen LogP contribution is 2.28. The van der Waals surface area contributed by atoms with E-state index in [1.54, 1.807) is 12.1 Å². The minimum Gasteiger partial charge on any atom is -0.487 e. The Morgan fingerprint density at radius 1 is 1.50 bits per heavy atom. The molecule has 4 nitrogen and oxygen atoms in total. The number of benzene rings is 1. The summed E-state index contributed by atoms with van der Waals surface area (Å²) < 4.78 is 5.38. The fourth-order valence-corrected chi connectivity index (χ4v) is 1.40. The molecule has 1 aromatic carbocycles. The van der Waals surface area contributed by atoms with Crippen molar-refractivity contribution in [1.82, 2.24) is 0 Å². The number of hydrogen-bond acceptors (Lipinski definition) is 3. The Bertz CT molecular complexity index is 368. The third-order valence-electron chi connectivity index (χ3n) is 2.13. The third kappa shape index (κ3) is 3.38. The van der Waals surface area contributed by atoms with Crippen molar-refractivity contribution in [2.45, 2.75) is 25.6 Å². The van der Waals surface area contributed by atoms with Gasteiger partial charge in [-0.2, -0.15) is 0 Å². The molecular weight excluding hydrogens is 230 g/mol. The van der Waals surface area contributed by atoms with Crippen molar-refractivity contribution in [1.29, 1.82) is 0 Å². The zero-order chi connectivity index (χ0) is 12.0. The minimum absolute atomic E-state index is 0.00929. The van der Waals surface area contributed by atoms with Gasteiger partial charge in [0, 0.05) is 11.9 Å². The van der Waals surface area contributed by atoms with E-state index < -0.39 is 4.92 Å². The first-order valence-corrected chi connectivity index (χ1v) is 5.68. The molecule has 0 radical (unpaired) electrons. The first-order valence-electron chi connectivity index (χ1n) is 5.15. The topological polar surface area (TPSA) is 52.4 Å². The predicted molar refractivity (Wildman–Crippen MR) is 63.1 cm³/mol. The molecular formula is C11H14ClNO3. The van der Waals surface area contributed by atoms with Crippen LogP contribution in [0.15, 0.2) is 18.2 Å². The molecule has 0 aliphatic carbocycles. The van der Waals surface area contributed by atoms with E-state index >= 15 is 0 Å². The van der Waals surface area contributed by atoms with Crippen molar-refractivity contribution >= 4 is 17.3 Å². The standard InChI is InChI=1S/C11H14ClNO3/c1-2-3-6-16-11-7-9(8-12)4-5-10(11)13(14)15/h4-5,7H,2-3,6,8H2,1H3. The van der Waals surface area contributed by atoms with Crippen molar-refractivity contribution < 1.29 is 9.66 Å². The number of rotatable bonds is 6. The summed E-state index contributed by atoms with van der Waals surface area (Å²) in [5, 5.41) is 10.7. The Labute approximate surface area is 99.3 Å². The summed E-state index contributed by atoms with van der Waals surface area (Å²) in [7, 11) is 0. The zero-order valence-electron chi connectivity index (χ0n) is 9.11. The van der Waals surface area contributed by atoms with Crippen LogP contribution < -0.4 is 4.74 Å². The number of halogens is 1. The molecule has 0 N–H and O–H groups in total. The summed E-state index contributed by atoms with van der Waals surface area (Å²) in [6.45, 7) is 2.52. The smallest absolute Gasteiger partial charge is 0.310 e. The first-order chi connectivity index (χ1) is 7.69. The number of nitro benzene ring substituents is 1. The Kier molecular flexibility index (Phi) is 5.05. The highest BCUT2D eigenvalue weighted by atomic mass is 35.5. The Hall–Kier alpha value is -1.29. The van der Waals surface area contributed by atoms with Gasteiger partial charge in [0.05, 0.1) is 11.5 Å². The van der Waals surface area contributed by atoms with Crippen LogP contribution in [-0.4, -0.2) is 11.5 Å². The lowest BCUT2D eigenvalue weighted by Crippen LogP contribution is -2.00. The summed E-state index contributed by atoms with van der Waals surface area (Å²) in [4.78, 5) is 10.3. The van der Waals surface area contributed by atoms with E-state index in [4.69, 9.17) is 16.3 Å². The van der Waals surface area contributed by atoms with Gasteiger partial charge in [0.15, 0.2) is 5.75 Å². The maximum Gasteiger partial charge on any atom is 0.310 e. The SMILES string of the molecule is CCCCOc1cc(CCl)ccc1[N+](=O)[O-]. The molecule has 0 spiro atoms. The molecule has 16 heavy (non-hydrogen) atoms. The molecule has 0 unspecified atom stereocenters. The average Bonchev–Trinajstić information content (AvgIpc) is 2.29. The predicted octanol–water partition coefficient (Wildman–Crippen LogP) is 3.51. The van der Waals surface area contributed by atoms with Crippen LogP contribution in [0.5, 0.6) is 5.75 Å². The van der Waals surface area contributed by atoms with Crippen LogP contribution in [0.4, 0.5) is 5.69 Å². The second-order valence-corrected chi connectivity index (χ2v) is 3.66. The van der Waals surface area contributed by atoms with Gasteiger partial charge in [0.25, 0.3) is 0 Å². The van der Waals surface area contributed by atoms with Crippen LogP contribution in [0, 0.1) is 10.1 Å². The summed E-state index contributed by atoms with van der Waals surface area (Å²) in [6.07, 6.45) is 1.87. The summed E-state index contributed by atoms with van der Waals surface area (Å²) in [5.74, 6) is 0.624. The van der Waals surface area contributed by atoms with Gasteiger partial charge in [0.1, 0.15) is 0 Å². The summed E-state index contributed by atoms with van der Waals surface area (Å²) >= 11 is 5.67. The highest BCUT2D eigenvalue weighted by molar-refractivity contribution is 6.17. The largest absolute Gasteiger partial charge is 0.487 e. The van der Waals surface area contributed by atoms with E-state index in [0.717, 1.165) is 18.4 Å². The minimum atomic E-state index is -0.445. The molecule has 5 heteroatoms. The number of hydrogen-bond donors (Lipinski definition) is 0. The maximum atomic E-state index is 10.7. The molecule has 0 amide bonds. The van der Waals surface area contributed by atoms with Gasteiger partial charge >= 0.3 is 5.69 Å². The Balaban J connectivity index is 2.87. The number of nitro groups is 1. The van der Waals surface area contributed by atoms with E-state index in [2.05, 4.69) is 0 Å². The molecule has 1 rings (SSSR count). The van der Waals surface area contributed by atoms with Crippen molar-refractivity contribution in [3.8, 4) is 5.75 Å². The van der Waals surface area contributed by atoms with E-state index in [1.807, 2.05) is 6.92 Å². The molecule has 0 aliphatic rings. The Morgan fingerprint density at radius 2 is 2.25 bits per heavy atom. The summed E-state index contributed by atoms with van der Waals surface area (Å²) in [6, 6.07) is 4.69. The molecule has 0 aromatic heterocycles. The van der Waals surface area contributed by atoms with Crippen LogP contribution in [-0.2, 0) is 5.88 Å². The van der Waals surface area contributed by atoms with E-state index in [0.29, 0.717) is 18.2 Å². The molecule has 0 fully saturated rings. The lowest BCUT2D eigenvalue weighted by molar-refractivity contribution is -0.385. The second kappa shape index (κ2) is 6.33. The van der Waals surface area contributed by atoms with Crippen LogP contribution in [0.2, 0.25) is 0 Å². The molecule has 0 atom stereocenters. The average molecular weight is 244 g/mol. The molecule has 0 bridgehead atoms. The number of alkyl halides is 1. The molecule has 1 aromatic rings. The van der Waals surface area contributed by atoms with Crippen LogP contribution >= 0.6 is 11.6 Å². The zero-order valence-corrected chi connectivity index (χ0v) is 9.87. The van der Waals surface area contributed by atoms with E-state index in [1.165, 1.54) is 6.07 Å². The van der Waals surface area contributed by atoms with Gasteiger partial charge in [-0.25, -0.2) is 0 Å². The molecule has 0 aliphatic heterocycles. The van der Waals surface area contributed by atoms with E-state index in [9.17, 15) is 10.1 Å². The quantitative estimate of drug-likeness (QED) is 0.332. The van der Waals surface area contributed by atoms with Crippen molar-refractivity contribution in [2.24, 2.45) is 0 Å². The van der Waals surface area contributed by atoms with Crippen molar-refractivity contribution in [3.05, 3.63) is 33.9 Å². The fourth-order valence-electron chi connectivity index (χ4n) is 1.23. The van der Waals surface area contributed by atoms with Gasteiger partial charge in [0.2, 0.25) is 0 Å². The maximum absolute atomic E-state index is 10.7. The fraction of sp³-hybridized carbons (Fsp3) is 0.455. The van der Waals surface area contributed by atoms with Gasteiger partial charge in [-0.05, 0) is 18.1 Å². The molecule has 88 valence electrons. The van der Waals surface area contributed by atoms with Crippen LogP contribution in [0.3, 0.4) is 0 Å². The van der Waals surface area contributed by atoms with E-state index in [-0.39, 0.29) is 5.69 Å². The van der Waals surface area contributed by atoms with Gasteiger partial charge in [-0.1, -0.05) is 19.4 Å². The number of ether oxygens (including phenoxy) is 1. The molecule has 0 saturated carbocycles. The van der Waals surface area contributed by atoms with Crippen LogP contribution in [0.25, 0.3) is 0 Å². The lowest BCUT2D eigenvalue weighted by atomic mass is 10.2. The normalized spacial score (nSPS) is 10.1. The monoisotopic (exact) mass is 243 g/mol. The highest BCUT2D eigenvalue weighted by Gasteiger charge is 2.15. The first kappa shape index (κ1) is 12.8. The number of nitrogens with zero attached hydrogens (tertiary/aromatic N) is 1. The van der Waals surface area contributed by atoms with Crippen LogP contribution in [0.1, 0.15) is 25.3 Å². The summed E-state index contributed by atoms with van der Waals surface area (Å²) in [5.41, 5.74) is 0.809. The van der Waals surface area contributed by atoms with Crippen molar-refractivity contribution in [2.75, 3.05) is 6.61 Å². The molecule has 0 saturated heterocycles. The van der Waals surface area contributed by atoms with Gasteiger partial charge in [-0.3, -0.25) is 10.1 Å². The lowest BCUT2D eigenvalue weighted by Gasteiger charge is -2.07. The second-order valence-electron chi connectivity index (χ2n) is 3.39.